The van der Waals surface area contributed by atoms with Crippen molar-refractivity contribution in [1.82, 2.24) is 25.4 Å². The Kier molecular flexibility index (Phi) is 8.10. The van der Waals surface area contributed by atoms with E-state index < -0.39 is 5.41 Å². The first-order valence-electron chi connectivity index (χ1n) is 13.0. The number of dihydropyridines is 1. The lowest BCUT2D eigenvalue weighted by Gasteiger charge is -2.59. The number of nitriles is 1. The molecule has 38 heavy (non-hydrogen) atoms. The maximum absolute atomic E-state index is 13.7. The third-order valence-corrected chi connectivity index (χ3v) is 7.35. The summed E-state index contributed by atoms with van der Waals surface area (Å²) in [4.78, 5) is 34.7. The molecule has 2 atom stereocenters. The Hall–Kier alpha value is -4.19. The zero-order chi connectivity index (χ0) is 27.3. The van der Waals surface area contributed by atoms with Crippen LogP contribution >= 0.6 is 0 Å². The summed E-state index contributed by atoms with van der Waals surface area (Å²) in [5.74, 6) is -0.315. The smallest absolute Gasteiger partial charge is 0.317 e. The molecule has 1 aromatic heterocycles. The maximum atomic E-state index is 13.7. The Bertz CT molecular complexity index is 1260. The summed E-state index contributed by atoms with van der Waals surface area (Å²) in [5, 5.41) is 15.4. The molecule has 0 bridgehead atoms. The van der Waals surface area contributed by atoms with Crippen LogP contribution in [0.5, 0.6) is 0 Å². The quantitative estimate of drug-likeness (QED) is 0.580. The summed E-state index contributed by atoms with van der Waals surface area (Å²) < 4.78 is 13.2. The van der Waals surface area contributed by atoms with Gasteiger partial charge >= 0.3 is 6.03 Å². The number of allylic oxidation sites excluding steroid dienone is 2. The molecule has 2 fully saturated rings. The molecule has 1 spiro atoms. The Balaban J connectivity index is 0.00000164. The molecule has 0 radical (unpaired) electrons. The molecule has 3 aliphatic rings. The number of hydrogen-bond donors (Lipinski definition) is 2. The molecular weight excluding hydrogens is 483 g/mol. The molecule has 8 nitrogen and oxygen atoms in total. The number of piperidine rings is 1. The van der Waals surface area contributed by atoms with Crippen LogP contribution in [0.2, 0.25) is 0 Å². The zero-order valence-corrected chi connectivity index (χ0v) is 21.9. The van der Waals surface area contributed by atoms with Crippen LogP contribution in [0.15, 0.2) is 72.2 Å². The maximum Gasteiger partial charge on any atom is 0.317 e. The second-order valence-corrected chi connectivity index (χ2v) is 9.43. The van der Waals surface area contributed by atoms with E-state index in [0.717, 1.165) is 17.0 Å². The van der Waals surface area contributed by atoms with E-state index in [-0.39, 0.29) is 29.8 Å². The van der Waals surface area contributed by atoms with Crippen molar-refractivity contribution in [3.8, 4) is 6.07 Å². The van der Waals surface area contributed by atoms with E-state index >= 15 is 0 Å². The van der Waals surface area contributed by atoms with Crippen molar-refractivity contribution in [2.75, 3.05) is 19.6 Å². The highest BCUT2D eigenvalue weighted by Crippen LogP contribution is 2.57. The number of pyridine rings is 1. The van der Waals surface area contributed by atoms with Gasteiger partial charge in [0.1, 0.15) is 11.9 Å². The van der Waals surface area contributed by atoms with Gasteiger partial charge in [-0.3, -0.25) is 9.78 Å². The molecular formula is C29H33FN6O2. The summed E-state index contributed by atoms with van der Waals surface area (Å²) in [6, 6.07) is 13.1. The molecule has 2 saturated heterocycles. The summed E-state index contributed by atoms with van der Waals surface area (Å²) in [6.45, 7) is 7.18. The first-order valence-corrected chi connectivity index (χ1v) is 13.0. The topological polar surface area (TPSA) is 101 Å². The summed E-state index contributed by atoms with van der Waals surface area (Å²) >= 11 is 0. The van der Waals surface area contributed by atoms with Gasteiger partial charge < -0.3 is 20.4 Å². The summed E-state index contributed by atoms with van der Waals surface area (Å²) in [5.41, 5.74) is 2.18. The normalized spacial score (nSPS) is 20.5. The van der Waals surface area contributed by atoms with Crippen LogP contribution in [-0.2, 0) is 4.79 Å². The summed E-state index contributed by atoms with van der Waals surface area (Å²) in [7, 11) is 0. The van der Waals surface area contributed by atoms with Gasteiger partial charge in [-0.2, -0.15) is 5.26 Å². The molecule has 1 aromatic carbocycles. The third kappa shape index (κ3) is 4.99. The minimum absolute atomic E-state index is 0.00475. The van der Waals surface area contributed by atoms with Crippen molar-refractivity contribution in [3.05, 3.63) is 89.3 Å². The zero-order valence-electron chi connectivity index (χ0n) is 21.9. The Labute approximate surface area is 222 Å². The number of rotatable bonds is 4. The monoisotopic (exact) mass is 516 g/mol. The number of benzene rings is 1. The number of carbonyl (C=O) groups is 2. The number of amides is 3. The predicted molar refractivity (Wildman–Crippen MR) is 142 cm³/mol. The first-order chi connectivity index (χ1) is 18.4. The molecule has 9 heteroatoms. The van der Waals surface area contributed by atoms with Crippen LogP contribution in [0.1, 0.15) is 57.0 Å². The third-order valence-electron chi connectivity index (χ3n) is 7.35. The standard InChI is InChI=1S/C27H27FN6O2.C2H6/c1-18(20-5-7-21(28)8-6-20)32-26(36)33-12-9-27(10-13-33)24(23-4-2-3-11-31-23)34(25(27)35)22-14-19(15-29)16-30-17-22;1-2/h2-8,11,14,16,18,24,30H,9-10,12-13,17H2,1H3,(H,32,36);1-2H3. The van der Waals surface area contributed by atoms with Gasteiger partial charge in [0.2, 0.25) is 5.91 Å². The Morgan fingerprint density at radius 1 is 1.21 bits per heavy atom. The van der Waals surface area contributed by atoms with Crippen LogP contribution in [0.3, 0.4) is 0 Å². The van der Waals surface area contributed by atoms with E-state index in [9.17, 15) is 19.2 Å². The lowest BCUT2D eigenvalue weighted by molar-refractivity contribution is -0.175. The molecule has 0 saturated carbocycles. The van der Waals surface area contributed by atoms with E-state index in [0.29, 0.717) is 38.0 Å². The first kappa shape index (κ1) is 26.9. The molecule has 2 aromatic rings. The Morgan fingerprint density at radius 2 is 1.92 bits per heavy atom. The van der Waals surface area contributed by atoms with Crippen molar-refractivity contribution in [2.45, 2.75) is 45.7 Å². The molecule has 3 aliphatic heterocycles. The highest BCUT2D eigenvalue weighted by atomic mass is 19.1. The van der Waals surface area contributed by atoms with E-state index in [1.54, 1.807) is 40.4 Å². The van der Waals surface area contributed by atoms with Crippen LogP contribution < -0.4 is 10.6 Å². The van der Waals surface area contributed by atoms with Gasteiger partial charge in [0.25, 0.3) is 0 Å². The molecule has 198 valence electrons. The number of carbonyl (C=O) groups excluding carboxylic acids is 2. The molecule has 4 heterocycles. The molecule has 2 N–H and O–H groups in total. The highest BCUT2D eigenvalue weighted by molar-refractivity contribution is 5.93. The van der Waals surface area contributed by atoms with E-state index in [2.05, 4.69) is 21.7 Å². The van der Waals surface area contributed by atoms with Crippen molar-refractivity contribution >= 4 is 11.9 Å². The van der Waals surface area contributed by atoms with E-state index in [1.807, 2.05) is 39.0 Å². The molecule has 0 aliphatic carbocycles. The largest absolute Gasteiger partial charge is 0.384 e. The van der Waals surface area contributed by atoms with Crippen molar-refractivity contribution in [2.24, 2.45) is 5.41 Å². The number of urea groups is 1. The van der Waals surface area contributed by atoms with Crippen LogP contribution in [-0.4, -0.2) is 46.4 Å². The highest BCUT2D eigenvalue weighted by Gasteiger charge is 2.63. The van der Waals surface area contributed by atoms with Crippen LogP contribution in [0.4, 0.5) is 9.18 Å². The second-order valence-electron chi connectivity index (χ2n) is 9.43. The van der Waals surface area contributed by atoms with Gasteiger partial charge in [-0.1, -0.05) is 32.0 Å². The molecule has 5 rings (SSSR count). The minimum Gasteiger partial charge on any atom is -0.384 e. The van der Waals surface area contributed by atoms with Gasteiger partial charge in [0.05, 0.1) is 35.3 Å². The van der Waals surface area contributed by atoms with E-state index in [4.69, 9.17) is 0 Å². The minimum atomic E-state index is -0.650. The average molecular weight is 517 g/mol. The lowest BCUT2D eigenvalue weighted by atomic mass is 9.63. The van der Waals surface area contributed by atoms with Gasteiger partial charge in [0, 0.05) is 31.2 Å². The number of likely N-dealkylation sites (tertiary alicyclic amines) is 2. The van der Waals surface area contributed by atoms with Crippen molar-refractivity contribution < 1.29 is 14.0 Å². The van der Waals surface area contributed by atoms with Gasteiger partial charge in [-0.25, -0.2) is 9.18 Å². The number of β-lactam (4-membered cyclic amide) rings is 1. The second kappa shape index (κ2) is 11.5. The van der Waals surface area contributed by atoms with E-state index in [1.165, 1.54) is 12.1 Å². The van der Waals surface area contributed by atoms with Crippen LogP contribution in [0, 0.1) is 22.6 Å². The van der Waals surface area contributed by atoms with Gasteiger partial charge in [-0.05, 0) is 55.7 Å². The summed E-state index contributed by atoms with van der Waals surface area (Å²) in [6.07, 6.45) is 6.14. The Morgan fingerprint density at radius 3 is 2.55 bits per heavy atom. The predicted octanol–water partition coefficient (Wildman–Crippen LogP) is 4.58. The van der Waals surface area contributed by atoms with Crippen molar-refractivity contribution in [1.29, 1.82) is 5.26 Å². The fourth-order valence-corrected chi connectivity index (χ4v) is 5.37. The van der Waals surface area contributed by atoms with Gasteiger partial charge in [0.15, 0.2) is 0 Å². The SMILES string of the molecule is CC.CC(NC(=O)N1CCC2(CC1)C(=O)N(C1=CC(C#N)=CNC1)C2c1ccccn1)c1ccc(F)cc1. The average Bonchev–Trinajstić information content (AvgIpc) is 2.97. The fourth-order valence-electron chi connectivity index (χ4n) is 5.37. The number of aromatic nitrogens is 1. The number of nitrogens with one attached hydrogen (secondary N) is 2. The lowest BCUT2D eigenvalue weighted by Crippen LogP contribution is -2.67. The molecule has 3 amide bonds. The van der Waals surface area contributed by atoms with Crippen molar-refractivity contribution in [3.63, 3.8) is 0 Å². The number of halogens is 1. The van der Waals surface area contributed by atoms with Crippen LogP contribution in [0.25, 0.3) is 0 Å². The number of nitrogens with zero attached hydrogens (tertiary/aromatic N) is 4. The number of hydrogen-bond acceptors (Lipinski definition) is 5. The van der Waals surface area contributed by atoms with Gasteiger partial charge in [-0.15, -0.1) is 0 Å². The fraction of sp³-hybridized carbons (Fsp3) is 0.379. The molecule has 2 unspecified atom stereocenters.